The van der Waals surface area contributed by atoms with Crippen LogP contribution in [0, 0.1) is 0 Å². The molecule has 1 fully saturated rings. The molecule has 0 aromatic carbocycles. The van der Waals surface area contributed by atoms with Crippen LogP contribution in [0.25, 0.3) is 0 Å². The van der Waals surface area contributed by atoms with Crippen molar-refractivity contribution in [2.45, 2.75) is 51.5 Å². The number of carbonyl (C=O) groups is 1. The molecule has 0 aromatic rings. The van der Waals surface area contributed by atoms with Gasteiger partial charge >= 0.3 is 0 Å². The van der Waals surface area contributed by atoms with Crippen LogP contribution in [-0.2, 0) is 4.79 Å². The molecule has 0 saturated carbocycles. The Kier molecular flexibility index (Phi) is 5.60. The molecule has 0 radical (unpaired) electrons. The Balaban J connectivity index is 2.22. The lowest BCUT2D eigenvalue weighted by molar-refractivity contribution is -0.121. The van der Waals surface area contributed by atoms with E-state index in [1.54, 1.807) is 0 Å². The number of hydrogen-bond donors (Lipinski definition) is 2. The molecule has 0 unspecified atom stereocenters. The normalized spacial score (nSPS) is 23.6. The molecule has 1 heterocycles. The van der Waals surface area contributed by atoms with Gasteiger partial charge in [-0.15, -0.1) is 0 Å². The van der Waals surface area contributed by atoms with E-state index in [9.17, 15) is 4.79 Å². The average molecular weight is 198 g/mol. The van der Waals surface area contributed by atoms with Crippen LogP contribution in [0.5, 0.6) is 0 Å². The second-order valence-electron chi connectivity index (χ2n) is 4.07. The topological polar surface area (TPSA) is 41.1 Å². The molecule has 1 rings (SSSR count). The Hall–Kier alpha value is -0.570. The molecule has 1 aliphatic rings. The van der Waals surface area contributed by atoms with E-state index in [2.05, 4.69) is 10.6 Å². The van der Waals surface area contributed by atoms with Gasteiger partial charge in [-0.2, -0.15) is 0 Å². The lowest BCUT2D eigenvalue weighted by Gasteiger charge is -2.21. The third-order valence-corrected chi connectivity index (χ3v) is 2.64. The van der Waals surface area contributed by atoms with Gasteiger partial charge in [-0.1, -0.05) is 19.8 Å². The van der Waals surface area contributed by atoms with E-state index in [-0.39, 0.29) is 5.91 Å². The van der Waals surface area contributed by atoms with E-state index in [4.69, 9.17) is 0 Å². The Morgan fingerprint density at radius 2 is 2.29 bits per heavy atom. The van der Waals surface area contributed by atoms with Crippen LogP contribution >= 0.6 is 0 Å². The van der Waals surface area contributed by atoms with Gasteiger partial charge in [0.1, 0.15) is 0 Å². The predicted octanol–water partition coefficient (Wildman–Crippen LogP) is 1.43. The van der Waals surface area contributed by atoms with Crippen molar-refractivity contribution < 1.29 is 4.79 Å². The summed E-state index contributed by atoms with van der Waals surface area (Å²) in [5.74, 6) is 0.208. The van der Waals surface area contributed by atoms with Gasteiger partial charge in [0.05, 0.1) is 0 Å². The average Bonchev–Trinajstić information content (AvgIpc) is 2.10. The number of amides is 1. The highest BCUT2D eigenvalue weighted by atomic mass is 16.1. The van der Waals surface area contributed by atoms with Crippen LogP contribution < -0.4 is 10.6 Å². The molecule has 1 atom stereocenters. The van der Waals surface area contributed by atoms with E-state index in [1.165, 1.54) is 19.3 Å². The maximum absolute atomic E-state index is 11.4. The van der Waals surface area contributed by atoms with Crippen LogP contribution in [0.15, 0.2) is 0 Å². The summed E-state index contributed by atoms with van der Waals surface area (Å²) in [7, 11) is 0. The lowest BCUT2D eigenvalue weighted by Crippen LogP contribution is -2.43. The molecule has 0 aliphatic carbocycles. The Bertz CT molecular complexity index is 163. The van der Waals surface area contributed by atoms with Gasteiger partial charge in [0.25, 0.3) is 0 Å². The van der Waals surface area contributed by atoms with E-state index < -0.39 is 0 Å². The smallest absolute Gasteiger partial charge is 0.220 e. The second kappa shape index (κ2) is 6.82. The number of carbonyl (C=O) groups excluding carboxylic acids is 1. The lowest BCUT2D eigenvalue weighted by atomic mass is 10.1. The molecule has 1 amide bonds. The quantitative estimate of drug-likeness (QED) is 0.720. The van der Waals surface area contributed by atoms with Gasteiger partial charge in [-0.3, -0.25) is 4.79 Å². The van der Waals surface area contributed by atoms with E-state index in [1.807, 2.05) is 6.92 Å². The summed E-state index contributed by atoms with van der Waals surface area (Å²) >= 11 is 0. The highest BCUT2D eigenvalue weighted by Gasteiger charge is 2.12. The predicted molar refractivity (Wildman–Crippen MR) is 58.2 cm³/mol. The molecule has 1 aliphatic heterocycles. The van der Waals surface area contributed by atoms with E-state index in [0.717, 1.165) is 25.9 Å². The molecular weight excluding hydrogens is 176 g/mol. The molecule has 0 bridgehead atoms. The summed E-state index contributed by atoms with van der Waals surface area (Å²) in [5.41, 5.74) is 0. The molecule has 1 saturated heterocycles. The largest absolute Gasteiger partial charge is 0.352 e. The minimum absolute atomic E-state index is 0.208. The second-order valence-corrected chi connectivity index (χ2v) is 4.07. The monoisotopic (exact) mass is 198 g/mol. The first-order chi connectivity index (χ1) is 6.83. The first-order valence-corrected chi connectivity index (χ1v) is 5.83. The van der Waals surface area contributed by atoms with Crippen molar-refractivity contribution in [3.8, 4) is 0 Å². The summed E-state index contributed by atoms with van der Waals surface area (Å²) < 4.78 is 0. The zero-order valence-electron chi connectivity index (χ0n) is 9.14. The zero-order chi connectivity index (χ0) is 10.2. The van der Waals surface area contributed by atoms with E-state index >= 15 is 0 Å². The third-order valence-electron chi connectivity index (χ3n) is 2.64. The zero-order valence-corrected chi connectivity index (χ0v) is 9.14. The molecule has 82 valence electrons. The van der Waals surface area contributed by atoms with Crippen molar-refractivity contribution in [3.63, 3.8) is 0 Å². The van der Waals surface area contributed by atoms with Gasteiger partial charge in [0, 0.05) is 19.0 Å². The molecule has 2 N–H and O–H groups in total. The van der Waals surface area contributed by atoms with Crippen LogP contribution in [0.2, 0.25) is 0 Å². The SMILES string of the molecule is CCCC(=O)N[C@@H]1CCCCCNC1. The standard InChI is InChI=1S/C11H22N2O/c1-2-6-11(14)13-10-7-4-3-5-8-12-9-10/h10,12H,2-9H2,1H3,(H,13,14)/t10-/m1/s1. The van der Waals surface area contributed by atoms with Crippen molar-refractivity contribution >= 4 is 5.91 Å². The Labute approximate surface area is 86.6 Å². The number of rotatable bonds is 3. The maximum Gasteiger partial charge on any atom is 0.220 e. The third kappa shape index (κ3) is 4.61. The van der Waals surface area contributed by atoms with Crippen LogP contribution in [0.1, 0.15) is 45.4 Å². The van der Waals surface area contributed by atoms with Gasteiger partial charge < -0.3 is 10.6 Å². The molecule has 0 spiro atoms. The van der Waals surface area contributed by atoms with Crippen molar-refractivity contribution in [2.24, 2.45) is 0 Å². The number of nitrogens with one attached hydrogen (secondary N) is 2. The Morgan fingerprint density at radius 3 is 3.07 bits per heavy atom. The van der Waals surface area contributed by atoms with Gasteiger partial charge in [0.15, 0.2) is 0 Å². The summed E-state index contributed by atoms with van der Waals surface area (Å²) in [4.78, 5) is 11.4. The van der Waals surface area contributed by atoms with Gasteiger partial charge in [-0.05, 0) is 25.8 Å². The molecule has 3 nitrogen and oxygen atoms in total. The molecule has 0 aromatic heterocycles. The van der Waals surface area contributed by atoms with Crippen LogP contribution in [0.3, 0.4) is 0 Å². The maximum atomic E-state index is 11.4. The minimum atomic E-state index is 0.208. The van der Waals surface area contributed by atoms with Crippen molar-refractivity contribution in [1.82, 2.24) is 10.6 Å². The Morgan fingerprint density at radius 1 is 1.43 bits per heavy atom. The van der Waals surface area contributed by atoms with E-state index in [0.29, 0.717) is 12.5 Å². The summed E-state index contributed by atoms with van der Waals surface area (Å²) in [5, 5.41) is 6.46. The fourth-order valence-electron chi connectivity index (χ4n) is 1.85. The molecule has 14 heavy (non-hydrogen) atoms. The fraction of sp³-hybridized carbons (Fsp3) is 0.909. The first kappa shape index (κ1) is 11.5. The summed E-state index contributed by atoms with van der Waals surface area (Å²) in [6.07, 6.45) is 6.53. The highest BCUT2D eigenvalue weighted by Crippen LogP contribution is 2.06. The van der Waals surface area contributed by atoms with Crippen molar-refractivity contribution in [3.05, 3.63) is 0 Å². The van der Waals surface area contributed by atoms with Crippen LogP contribution in [0.4, 0.5) is 0 Å². The minimum Gasteiger partial charge on any atom is -0.352 e. The fourth-order valence-corrected chi connectivity index (χ4v) is 1.85. The summed E-state index contributed by atoms with van der Waals surface area (Å²) in [6.45, 7) is 4.07. The molecule has 3 heteroatoms. The van der Waals surface area contributed by atoms with Gasteiger partial charge in [-0.25, -0.2) is 0 Å². The van der Waals surface area contributed by atoms with Crippen molar-refractivity contribution in [2.75, 3.05) is 13.1 Å². The molecular formula is C11H22N2O. The van der Waals surface area contributed by atoms with Gasteiger partial charge in [0.2, 0.25) is 5.91 Å². The first-order valence-electron chi connectivity index (χ1n) is 5.83. The summed E-state index contributed by atoms with van der Waals surface area (Å²) in [6, 6.07) is 0.356. The number of hydrogen-bond acceptors (Lipinski definition) is 2. The highest BCUT2D eigenvalue weighted by molar-refractivity contribution is 5.76. The van der Waals surface area contributed by atoms with Crippen molar-refractivity contribution in [1.29, 1.82) is 0 Å². The van der Waals surface area contributed by atoms with Crippen LogP contribution in [-0.4, -0.2) is 25.0 Å².